The number of hydrogen-bond donors (Lipinski definition) is 1. The van der Waals surface area contributed by atoms with E-state index < -0.39 is 5.41 Å². The molecule has 156 valence electrons. The summed E-state index contributed by atoms with van der Waals surface area (Å²) in [6.07, 6.45) is 3.86. The monoisotopic (exact) mass is 399 g/mol. The van der Waals surface area contributed by atoms with Crippen molar-refractivity contribution in [2.45, 2.75) is 52.9 Å². The van der Waals surface area contributed by atoms with E-state index in [1.165, 1.54) is 0 Å². The molecule has 0 radical (unpaired) electrons. The van der Waals surface area contributed by atoms with E-state index in [1.54, 1.807) is 24.3 Å². The molecule has 1 N–H and O–H groups in total. The molecule has 3 rings (SSSR count). The summed E-state index contributed by atoms with van der Waals surface area (Å²) < 4.78 is 5.27. The summed E-state index contributed by atoms with van der Waals surface area (Å²) in [5.41, 5.74) is 0.518. The molecule has 1 aromatic rings. The van der Waals surface area contributed by atoms with Crippen molar-refractivity contribution in [1.29, 1.82) is 0 Å². The van der Waals surface area contributed by atoms with Crippen LogP contribution in [0.1, 0.15) is 63.2 Å². The number of fused-ring (bicyclic) bond motifs is 2. The minimum Gasteiger partial charge on any atom is -0.457 e. The highest BCUT2D eigenvalue weighted by Crippen LogP contribution is 2.40. The van der Waals surface area contributed by atoms with E-state index >= 15 is 0 Å². The normalized spacial score (nSPS) is 24.0. The van der Waals surface area contributed by atoms with E-state index in [2.05, 4.69) is 5.32 Å². The molecular formula is C23H29NO5. The molecule has 2 aliphatic rings. The molecule has 3 atom stereocenters. The van der Waals surface area contributed by atoms with Gasteiger partial charge in [-0.2, -0.15) is 0 Å². The molecule has 0 aliphatic heterocycles. The van der Waals surface area contributed by atoms with E-state index in [1.807, 2.05) is 20.8 Å². The summed E-state index contributed by atoms with van der Waals surface area (Å²) in [7, 11) is 0. The summed E-state index contributed by atoms with van der Waals surface area (Å²) in [5, 5.41) is 2.80. The lowest BCUT2D eigenvalue weighted by Gasteiger charge is -2.36. The van der Waals surface area contributed by atoms with E-state index in [-0.39, 0.29) is 42.0 Å². The second kappa shape index (κ2) is 8.47. The van der Waals surface area contributed by atoms with Crippen molar-refractivity contribution in [2.24, 2.45) is 23.2 Å². The quantitative estimate of drug-likeness (QED) is 0.601. The van der Waals surface area contributed by atoms with Crippen LogP contribution in [0, 0.1) is 23.2 Å². The number of esters is 1. The number of amides is 1. The van der Waals surface area contributed by atoms with Crippen molar-refractivity contribution in [3.8, 4) is 0 Å². The summed E-state index contributed by atoms with van der Waals surface area (Å²) in [5.74, 6) is -0.809. The maximum Gasteiger partial charge on any atom is 0.309 e. The van der Waals surface area contributed by atoms with Gasteiger partial charge in [-0.1, -0.05) is 27.2 Å². The van der Waals surface area contributed by atoms with Gasteiger partial charge in [0.05, 0.1) is 5.92 Å². The molecule has 0 heterocycles. The Morgan fingerprint density at radius 2 is 1.62 bits per heavy atom. The molecule has 1 unspecified atom stereocenters. The van der Waals surface area contributed by atoms with Crippen LogP contribution < -0.4 is 5.32 Å². The van der Waals surface area contributed by atoms with Gasteiger partial charge in [0.1, 0.15) is 5.78 Å². The third-order valence-electron chi connectivity index (χ3n) is 5.87. The largest absolute Gasteiger partial charge is 0.457 e. The van der Waals surface area contributed by atoms with Crippen LogP contribution in [-0.4, -0.2) is 30.0 Å². The van der Waals surface area contributed by atoms with Crippen LogP contribution >= 0.6 is 0 Å². The molecule has 0 saturated heterocycles. The summed E-state index contributed by atoms with van der Waals surface area (Å²) in [4.78, 5) is 48.9. The fourth-order valence-corrected chi connectivity index (χ4v) is 4.07. The second-order valence-electron chi connectivity index (χ2n) is 9.21. The number of carbonyl (C=O) groups excluding carboxylic acids is 4. The van der Waals surface area contributed by atoms with Gasteiger partial charge in [0.2, 0.25) is 5.91 Å². The second-order valence-corrected chi connectivity index (χ2v) is 9.21. The van der Waals surface area contributed by atoms with Gasteiger partial charge in [-0.25, -0.2) is 0 Å². The molecule has 0 spiro atoms. The van der Waals surface area contributed by atoms with Gasteiger partial charge in [-0.3, -0.25) is 19.2 Å². The van der Waals surface area contributed by atoms with Crippen molar-refractivity contribution in [3.63, 3.8) is 0 Å². The van der Waals surface area contributed by atoms with Crippen LogP contribution in [-0.2, 0) is 19.1 Å². The fourth-order valence-electron chi connectivity index (χ4n) is 4.07. The molecule has 2 bridgehead atoms. The van der Waals surface area contributed by atoms with Crippen LogP contribution in [0.5, 0.6) is 0 Å². The smallest absolute Gasteiger partial charge is 0.309 e. The van der Waals surface area contributed by atoms with Gasteiger partial charge in [-0.05, 0) is 49.9 Å². The topological polar surface area (TPSA) is 89.5 Å². The van der Waals surface area contributed by atoms with Gasteiger partial charge in [0, 0.05) is 28.5 Å². The first-order valence-corrected chi connectivity index (χ1v) is 10.3. The van der Waals surface area contributed by atoms with Gasteiger partial charge in [0.15, 0.2) is 12.4 Å². The Kier molecular flexibility index (Phi) is 6.20. The van der Waals surface area contributed by atoms with Crippen molar-refractivity contribution < 1.29 is 23.9 Å². The minimum absolute atomic E-state index is 0.0217. The minimum atomic E-state index is -0.509. The third-order valence-corrected chi connectivity index (χ3v) is 5.87. The zero-order chi connectivity index (χ0) is 21.2. The average molecular weight is 399 g/mol. The van der Waals surface area contributed by atoms with Crippen LogP contribution in [0.25, 0.3) is 0 Å². The lowest BCUT2D eigenvalue weighted by atomic mass is 9.67. The Morgan fingerprint density at radius 1 is 1.03 bits per heavy atom. The Hall–Kier alpha value is -2.50. The Morgan fingerprint density at radius 3 is 2.17 bits per heavy atom. The first-order valence-electron chi connectivity index (χ1n) is 10.3. The molecule has 0 aromatic heterocycles. The number of nitrogens with one attached hydrogen (secondary N) is 1. The first-order chi connectivity index (χ1) is 13.6. The number of anilines is 1. The van der Waals surface area contributed by atoms with Gasteiger partial charge >= 0.3 is 5.97 Å². The van der Waals surface area contributed by atoms with Crippen molar-refractivity contribution in [3.05, 3.63) is 29.8 Å². The Labute approximate surface area is 171 Å². The van der Waals surface area contributed by atoms with Crippen LogP contribution in [0.15, 0.2) is 24.3 Å². The number of rotatable bonds is 5. The van der Waals surface area contributed by atoms with Gasteiger partial charge in [-0.15, -0.1) is 0 Å². The molecule has 2 aliphatic carbocycles. The third kappa shape index (κ3) is 5.11. The average Bonchev–Trinajstić information content (AvgIpc) is 2.65. The Bertz CT molecular complexity index is 790. The van der Waals surface area contributed by atoms with Crippen LogP contribution in [0.3, 0.4) is 0 Å². The molecule has 6 heteroatoms. The zero-order valence-corrected chi connectivity index (χ0v) is 17.3. The standard InChI is InChI=1S/C23H29NO5/c1-23(2,3)22(28)24-18-9-7-14(8-10-18)19(25)13-29-21(27)17-11-15-5-4-6-16(12-17)20(15)26/h7-10,15-17H,4-6,11-13H2,1-3H3,(H,24,28)/t15-,16+,17?. The lowest BCUT2D eigenvalue weighted by Crippen LogP contribution is -2.39. The van der Waals surface area contributed by atoms with Gasteiger partial charge < -0.3 is 10.1 Å². The van der Waals surface area contributed by atoms with Gasteiger partial charge in [0.25, 0.3) is 0 Å². The number of ether oxygens (including phenoxy) is 1. The zero-order valence-electron chi connectivity index (χ0n) is 17.3. The molecule has 1 amide bonds. The lowest BCUT2D eigenvalue weighted by molar-refractivity contribution is -0.152. The number of hydrogen-bond acceptors (Lipinski definition) is 5. The Balaban J connectivity index is 1.51. The number of carbonyl (C=O) groups is 4. The van der Waals surface area contributed by atoms with E-state index in [9.17, 15) is 19.2 Å². The highest BCUT2D eigenvalue weighted by atomic mass is 16.5. The molecule has 2 fully saturated rings. The van der Waals surface area contributed by atoms with Crippen molar-refractivity contribution in [2.75, 3.05) is 11.9 Å². The highest BCUT2D eigenvalue weighted by Gasteiger charge is 2.41. The van der Waals surface area contributed by atoms with E-state index in [4.69, 9.17) is 4.74 Å². The first kappa shape index (κ1) is 21.2. The molecule has 2 saturated carbocycles. The fraction of sp³-hybridized carbons (Fsp3) is 0.565. The SMILES string of the molecule is CC(C)(C)C(=O)Nc1ccc(C(=O)COC(=O)C2C[C@H]3CCC[C@@H](C2)C3=O)cc1. The van der Waals surface area contributed by atoms with E-state index in [0.29, 0.717) is 29.9 Å². The number of benzene rings is 1. The molecular weight excluding hydrogens is 370 g/mol. The summed E-state index contributed by atoms with van der Waals surface area (Å²) in [6, 6.07) is 6.54. The van der Waals surface area contributed by atoms with Crippen molar-refractivity contribution in [1.82, 2.24) is 0 Å². The predicted octanol–water partition coefficient (Wildman–Crippen LogP) is 3.79. The predicted molar refractivity (Wildman–Crippen MR) is 108 cm³/mol. The highest BCUT2D eigenvalue weighted by molar-refractivity contribution is 5.99. The summed E-state index contributed by atoms with van der Waals surface area (Å²) >= 11 is 0. The maximum absolute atomic E-state index is 12.4. The molecule has 1 aromatic carbocycles. The molecule has 6 nitrogen and oxygen atoms in total. The number of ketones is 2. The van der Waals surface area contributed by atoms with Crippen LogP contribution in [0.4, 0.5) is 5.69 Å². The number of Topliss-reactive ketones (excluding diaryl/α,β-unsaturated/α-hetero) is 2. The molecule has 29 heavy (non-hydrogen) atoms. The maximum atomic E-state index is 12.4. The van der Waals surface area contributed by atoms with E-state index in [0.717, 1.165) is 19.3 Å². The van der Waals surface area contributed by atoms with Crippen LogP contribution in [0.2, 0.25) is 0 Å². The summed E-state index contributed by atoms with van der Waals surface area (Å²) in [6.45, 7) is 5.16. The van der Waals surface area contributed by atoms with Crippen molar-refractivity contribution >= 4 is 29.1 Å².